The lowest BCUT2D eigenvalue weighted by Gasteiger charge is -2.20. The Kier molecular flexibility index (Phi) is 10.4. The summed E-state index contributed by atoms with van der Waals surface area (Å²) in [4.78, 5) is 18.4. The minimum atomic E-state index is -0.990. The number of carbonyl (C=O) groups is 1. The molecule has 0 aliphatic heterocycles. The van der Waals surface area contributed by atoms with Gasteiger partial charge in [-0.2, -0.15) is 0 Å². The van der Waals surface area contributed by atoms with E-state index in [1.54, 1.807) is 25.9 Å². The monoisotopic (exact) mass is 454 g/mol. The number of thiophene rings is 1. The molecule has 3 N–H and O–H groups in total. The molecule has 0 saturated heterocycles. The van der Waals surface area contributed by atoms with Crippen LogP contribution in [0.3, 0.4) is 0 Å². The van der Waals surface area contributed by atoms with Crippen LogP contribution >= 0.6 is 35.3 Å². The van der Waals surface area contributed by atoms with Crippen LogP contribution in [0.15, 0.2) is 22.5 Å². The van der Waals surface area contributed by atoms with E-state index in [1.807, 2.05) is 24.4 Å². The lowest BCUT2D eigenvalue weighted by Crippen LogP contribution is -2.40. The average Bonchev–Trinajstić information content (AvgIpc) is 2.99. The van der Waals surface area contributed by atoms with Crippen molar-refractivity contribution in [2.45, 2.75) is 25.9 Å². The average molecular weight is 454 g/mol. The zero-order valence-electron chi connectivity index (χ0n) is 14.1. The van der Waals surface area contributed by atoms with E-state index in [9.17, 15) is 9.90 Å². The number of aliphatic imine (C=N–C) groups is 1. The first-order valence-corrected chi connectivity index (χ1v) is 8.23. The summed E-state index contributed by atoms with van der Waals surface area (Å²) in [5.41, 5.74) is -0.990. The zero-order valence-corrected chi connectivity index (χ0v) is 17.3. The van der Waals surface area contributed by atoms with E-state index < -0.39 is 5.60 Å². The van der Waals surface area contributed by atoms with Crippen LogP contribution in [-0.2, 0) is 10.4 Å². The Hall–Kier alpha value is -0.870. The predicted molar refractivity (Wildman–Crippen MR) is 107 cm³/mol. The van der Waals surface area contributed by atoms with Crippen molar-refractivity contribution in [3.05, 3.63) is 22.4 Å². The van der Waals surface area contributed by atoms with Crippen molar-refractivity contribution in [2.75, 3.05) is 33.7 Å². The molecule has 1 rings (SSSR count). The van der Waals surface area contributed by atoms with Gasteiger partial charge in [0, 0.05) is 38.5 Å². The van der Waals surface area contributed by atoms with Crippen LogP contribution in [-0.4, -0.2) is 55.6 Å². The number of halogens is 1. The molecule has 0 aromatic carbocycles. The van der Waals surface area contributed by atoms with Crippen molar-refractivity contribution >= 4 is 47.2 Å². The Morgan fingerprint density at radius 2 is 2.13 bits per heavy atom. The van der Waals surface area contributed by atoms with Crippen LogP contribution in [0, 0.1) is 0 Å². The first kappa shape index (κ1) is 22.1. The highest BCUT2D eigenvalue weighted by Crippen LogP contribution is 2.25. The normalized spacial score (nSPS) is 13.7. The summed E-state index contributed by atoms with van der Waals surface area (Å²) >= 11 is 1.51. The van der Waals surface area contributed by atoms with Gasteiger partial charge >= 0.3 is 0 Å². The van der Waals surface area contributed by atoms with Gasteiger partial charge in [0.2, 0.25) is 5.91 Å². The number of nitrogens with zero attached hydrogens (tertiary/aromatic N) is 2. The second-order valence-corrected chi connectivity index (χ2v) is 6.36. The van der Waals surface area contributed by atoms with Crippen molar-refractivity contribution in [3.63, 3.8) is 0 Å². The summed E-state index contributed by atoms with van der Waals surface area (Å²) in [5, 5.41) is 18.6. The SMILES string of the molecule is CCNC(=NCC(C)(O)c1cccs1)NCCC(=O)N(C)C.I. The molecule has 1 aromatic heterocycles. The van der Waals surface area contributed by atoms with Gasteiger partial charge in [0.25, 0.3) is 0 Å². The van der Waals surface area contributed by atoms with E-state index in [2.05, 4.69) is 15.6 Å². The van der Waals surface area contributed by atoms with Crippen LogP contribution in [0.4, 0.5) is 0 Å². The van der Waals surface area contributed by atoms with E-state index in [0.29, 0.717) is 25.5 Å². The zero-order chi connectivity index (χ0) is 16.6. The Labute approximate surface area is 159 Å². The summed E-state index contributed by atoms with van der Waals surface area (Å²) in [6.07, 6.45) is 0.402. The van der Waals surface area contributed by atoms with Gasteiger partial charge in [0.05, 0.1) is 6.54 Å². The van der Waals surface area contributed by atoms with Crippen LogP contribution < -0.4 is 10.6 Å². The smallest absolute Gasteiger partial charge is 0.223 e. The maximum atomic E-state index is 11.5. The van der Waals surface area contributed by atoms with Crippen LogP contribution in [0.2, 0.25) is 0 Å². The van der Waals surface area contributed by atoms with Gasteiger partial charge in [0.1, 0.15) is 5.60 Å². The van der Waals surface area contributed by atoms with Crippen LogP contribution in [0.1, 0.15) is 25.1 Å². The van der Waals surface area contributed by atoms with E-state index in [-0.39, 0.29) is 36.4 Å². The largest absolute Gasteiger partial charge is 0.383 e. The molecule has 6 nitrogen and oxygen atoms in total. The summed E-state index contributed by atoms with van der Waals surface area (Å²) in [5.74, 6) is 0.666. The van der Waals surface area contributed by atoms with Gasteiger partial charge in [-0.25, -0.2) is 4.99 Å². The molecular formula is C15H27IN4O2S. The predicted octanol–water partition coefficient (Wildman–Crippen LogP) is 1.61. The van der Waals surface area contributed by atoms with Crippen molar-refractivity contribution in [2.24, 2.45) is 4.99 Å². The Bertz CT molecular complexity index is 490. The van der Waals surface area contributed by atoms with Gasteiger partial charge in [-0.15, -0.1) is 35.3 Å². The summed E-state index contributed by atoms with van der Waals surface area (Å²) in [7, 11) is 3.47. The Morgan fingerprint density at radius 1 is 1.43 bits per heavy atom. The topological polar surface area (TPSA) is 77.0 Å². The third-order valence-electron chi connectivity index (χ3n) is 3.07. The number of rotatable bonds is 7. The Morgan fingerprint density at radius 3 is 2.65 bits per heavy atom. The number of carbonyl (C=O) groups excluding carboxylic acids is 1. The van der Waals surface area contributed by atoms with Gasteiger partial charge in [-0.05, 0) is 25.3 Å². The highest BCUT2D eigenvalue weighted by Gasteiger charge is 2.23. The fraction of sp³-hybridized carbons (Fsp3) is 0.600. The minimum absolute atomic E-state index is 0. The van der Waals surface area contributed by atoms with Crippen LogP contribution in [0.5, 0.6) is 0 Å². The number of nitrogens with one attached hydrogen (secondary N) is 2. The van der Waals surface area contributed by atoms with Crippen LogP contribution in [0.25, 0.3) is 0 Å². The summed E-state index contributed by atoms with van der Waals surface area (Å²) < 4.78 is 0. The van der Waals surface area contributed by atoms with Crippen molar-refractivity contribution in [3.8, 4) is 0 Å². The molecule has 1 amide bonds. The molecule has 23 heavy (non-hydrogen) atoms. The summed E-state index contributed by atoms with van der Waals surface area (Å²) in [6.45, 7) is 5.20. The number of amides is 1. The van der Waals surface area contributed by atoms with E-state index in [1.165, 1.54) is 11.3 Å². The molecule has 0 fully saturated rings. The molecule has 1 atom stereocenters. The van der Waals surface area contributed by atoms with Gasteiger partial charge < -0.3 is 20.6 Å². The molecular weight excluding hydrogens is 427 g/mol. The van der Waals surface area contributed by atoms with E-state index in [4.69, 9.17) is 0 Å². The molecule has 1 unspecified atom stereocenters. The highest BCUT2D eigenvalue weighted by molar-refractivity contribution is 14.0. The quantitative estimate of drug-likeness (QED) is 0.333. The third kappa shape index (κ3) is 7.98. The van der Waals surface area contributed by atoms with E-state index >= 15 is 0 Å². The third-order valence-corrected chi connectivity index (χ3v) is 4.19. The van der Waals surface area contributed by atoms with Crippen molar-refractivity contribution in [1.29, 1.82) is 0 Å². The first-order chi connectivity index (χ1) is 10.4. The molecule has 1 heterocycles. The second-order valence-electron chi connectivity index (χ2n) is 5.41. The molecule has 8 heteroatoms. The number of hydrogen-bond donors (Lipinski definition) is 3. The van der Waals surface area contributed by atoms with Crippen molar-refractivity contribution in [1.82, 2.24) is 15.5 Å². The number of hydrogen-bond acceptors (Lipinski definition) is 4. The molecule has 132 valence electrons. The number of aliphatic hydroxyl groups is 1. The molecule has 0 saturated carbocycles. The molecule has 0 spiro atoms. The van der Waals surface area contributed by atoms with Gasteiger partial charge in [-0.3, -0.25) is 4.79 Å². The lowest BCUT2D eigenvalue weighted by atomic mass is 10.1. The standard InChI is InChI=1S/C15H26N4O2S.HI/c1-5-16-14(17-9-8-13(20)19(3)4)18-11-15(2,21)12-7-6-10-22-12;/h6-7,10,21H,5,8-9,11H2,1-4H3,(H2,16,17,18);1H. The first-order valence-electron chi connectivity index (χ1n) is 7.35. The van der Waals surface area contributed by atoms with Gasteiger partial charge in [-0.1, -0.05) is 6.07 Å². The number of guanidine groups is 1. The maximum absolute atomic E-state index is 11.5. The molecule has 0 aliphatic rings. The fourth-order valence-electron chi connectivity index (χ4n) is 1.75. The minimum Gasteiger partial charge on any atom is -0.383 e. The molecule has 0 radical (unpaired) electrons. The molecule has 0 aliphatic carbocycles. The van der Waals surface area contributed by atoms with E-state index in [0.717, 1.165) is 4.88 Å². The lowest BCUT2D eigenvalue weighted by molar-refractivity contribution is -0.128. The fourth-order valence-corrected chi connectivity index (χ4v) is 2.53. The summed E-state index contributed by atoms with van der Waals surface area (Å²) in [6, 6.07) is 3.81. The van der Waals surface area contributed by atoms with Gasteiger partial charge in [0.15, 0.2) is 5.96 Å². The highest BCUT2D eigenvalue weighted by atomic mass is 127. The maximum Gasteiger partial charge on any atom is 0.223 e. The molecule has 0 bridgehead atoms. The molecule has 1 aromatic rings. The van der Waals surface area contributed by atoms with Crippen molar-refractivity contribution < 1.29 is 9.90 Å². The second kappa shape index (κ2) is 10.8. The Balaban J connectivity index is 0.00000484.